The second-order valence-electron chi connectivity index (χ2n) is 5.02. The molecule has 0 unspecified atom stereocenters. The van der Waals surface area contributed by atoms with Gasteiger partial charge in [0.25, 0.3) is 5.91 Å². The van der Waals surface area contributed by atoms with E-state index in [0.717, 1.165) is 15.7 Å². The van der Waals surface area contributed by atoms with Crippen molar-refractivity contribution in [2.45, 2.75) is 6.92 Å². The second kappa shape index (κ2) is 6.71. The standard InChI is InChI=1S/C18H14BrN3O/c1-12-16(18(23)22-15-9-7-14(19)8-10-15)11-20-17(21-12)13-5-3-2-4-6-13/h2-11H,1H3,(H,22,23). The van der Waals surface area contributed by atoms with Gasteiger partial charge in [-0.1, -0.05) is 46.3 Å². The average molecular weight is 368 g/mol. The van der Waals surface area contributed by atoms with Crippen LogP contribution < -0.4 is 5.32 Å². The zero-order valence-electron chi connectivity index (χ0n) is 12.5. The molecule has 0 saturated heterocycles. The van der Waals surface area contributed by atoms with E-state index in [1.54, 1.807) is 6.20 Å². The lowest BCUT2D eigenvalue weighted by Crippen LogP contribution is -2.15. The van der Waals surface area contributed by atoms with Crippen molar-refractivity contribution in [3.63, 3.8) is 0 Å². The first kappa shape index (κ1) is 15.4. The maximum Gasteiger partial charge on any atom is 0.259 e. The van der Waals surface area contributed by atoms with Gasteiger partial charge in [0.05, 0.1) is 11.3 Å². The molecule has 2 aromatic carbocycles. The number of halogens is 1. The first-order valence-corrected chi connectivity index (χ1v) is 7.89. The highest BCUT2D eigenvalue weighted by molar-refractivity contribution is 9.10. The summed E-state index contributed by atoms with van der Waals surface area (Å²) in [7, 11) is 0. The number of hydrogen-bond acceptors (Lipinski definition) is 3. The monoisotopic (exact) mass is 367 g/mol. The van der Waals surface area contributed by atoms with Crippen molar-refractivity contribution in [3.05, 3.63) is 76.5 Å². The van der Waals surface area contributed by atoms with Crippen LogP contribution in [0.2, 0.25) is 0 Å². The molecule has 0 spiro atoms. The minimum Gasteiger partial charge on any atom is -0.322 e. The Hall–Kier alpha value is -2.53. The van der Waals surface area contributed by atoms with Gasteiger partial charge >= 0.3 is 0 Å². The minimum absolute atomic E-state index is 0.218. The van der Waals surface area contributed by atoms with Crippen molar-refractivity contribution in [2.24, 2.45) is 0 Å². The number of nitrogens with zero attached hydrogens (tertiary/aromatic N) is 2. The fourth-order valence-electron chi connectivity index (χ4n) is 2.15. The third-order valence-electron chi connectivity index (χ3n) is 3.36. The molecule has 5 heteroatoms. The van der Waals surface area contributed by atoms with Crippen LogP contribution in [-0.2, 0) is 0 Å². The number of anilines is 1. The van der Waals surface area contributed by atoms with Crippen LogP contribution in [0.15, 0.2) is 65.3 Å². The van der Waals surface area contributed by atoms with Crippen LogP contribution in [0.5, 0.6) is 0 Å². The maximum atomic E-state index is 12.4. The van der Waals surface area contributed by atoms with Gasteiger partial charge in [0.1, 0.15) is 0 Å². The molecule has 0 aliphatic heterocycles. The van der Waals surface area contributed by atoms with Crippen molar-refractivity contribution < 1.29 is 4.79 Å². The Kier molecular flexibility index (Phi) is 4.48. The normalized spacial score (nSPS) is 10.3. The first-order chi connectivity index (χ1) is 11.1. The fourth-order valence-corrected chi connectivity index (χ4v) is 2.41. The van der Waals surface area contributed by atoms with Gasteiger partial charge in [-0.3, -0.25) is 4.79 Å². The van der Waals surface area contributed by atoms with Crippen LogP contribution in [0, 0.1) is 6.92 Å². The molecule has 1 aromatic heterocycles. The summed E-state index contributed by atoms with van der Waals surface area (Å²) in [4.78, 5) is 21.1. The molecule has 0 aliphatic rings. The van der Waals surface area contributed by atoms with Crippen LogP contribution in [0.25, 0.3) is 11.4 Å². The Labute approximate surface area is 142 Å². The second-order valence-corrected chi connectivity index (χ2v) is 5.94. The van der Waals surface area contributed by atoms with Crippen molar-refractivity contribution in [1.82, 2.24) is 9.97 Å². The van der Waals surface area contributed by atoms with Crippen LogP contribution >= 0.6 is 15.9 Å². The summed E-state index contributed by atoms with van der Waals surface area (Å²) in [6.45, 7) is 1.81. The van der Waals surface area contributed by atoms with E-state index in [1.807, 2.05) is 61.5 Å². The van der Waals surface area contributed by atoms with E-state index in [0.29, 0.717) is 17.1 Å². The molecule has 4 nitrogen and oxygen atoms in total. The number of carbonyl (C=O) groups is 1. The Morgan fingerprint density at radius 3 is 2.39 bits per heavy atom. The van der Waals surface area contributed by atoms with E-state index in [-0.39, 0.29) is 5.91 Å². The summed E-state index contributed by atoms with van der Waals surface area (Å²) in [5.74, 6) is 0.396. The van der Waals surface area contributed by atoms with E-state index in [4.69, 9.17) is 0 Å². The maximum absolute atomic E-state index is 12.4. The molecule has 1 amide bonds. The zero-order chi connectivity index (χ0) is 16.2. The highest BCUT2D eigenvalue weighted by Gasteiger charge is 2.12. The number of rotatable bonds is 3. The quantitative estimate of drug-likeness (QED) is 0.742. The van der Waals surface area contributed by atoms with Crippen LogP contribution in [0.1, 0.15) is 16.1 Å². The number of aryl methyl sites for hydroxylation is 1. The third kappa shape index (κ3) is 3.63. The largest absolute Gasteiger partial charge is 0.322 e. The van der Waals surface area contributed by atoms with Gasteiger partial charge in [-0.05, 0) is 31.2 Å². The summed E-state index contributed by atoms with van der Waals surface area (Å²) >= 11 is 3.37. The number of amides is 1. The zero-order valence-corrected chi connectivity index (χ0v) is 14.0. The molecule has 3 aromatic rings. The highest BCUT2D eigenvalue weighted by atomic mass is 79.9. The molecule has 0 aliphatic carbocycles. The number of aromatic nitrogens is 2. The highest BCUT2D eigenvalue weighted by Crippen LogP contribution is 2.18. The molecule has 3 rings (SSSR count). The Morgan fingerprint density at radius 2 is 1.74 bits per heavy atom. The Bertz CT molecular complexity index is 833. The van der Waals surface area contributed by atoms with Gasteiger partial charge in [0.2, 0.25) is 0 Å². The van der Waals surface area contributed by atoms with E-state index in [2.05, 4.69) is 31.2 Å². The van der Waals surface area contributed by atoms with Crippen LogP contribution in [0.4, 0.5) is 5.69 Å². The summed E-state index contributed by atoms with van der Waals surface area (Å²) in [6, 6.07) is 17.1. The SMILES string of the molecule is Cc1nc(-c2ccccc2)ncc1C(=O)Nc1ccc(Br)cc1. The van der Waals surface area contributed by atoms with Gasteiger partial charge in [-0.15, -0.1) is 0 Å². The van der Waals surface area contributed by atoms with Gasteiger partial charge in [-0.25, -0.2) is 9.97 Å². The van der Waals surface area contributed by atoms with Gasteiger partial charge < -0.3 is 5.32 Å². The number of hydrogen-bond donors (Lipinski definition) is 1. The topological polar surface area (TPSA) is 54.9 Å². The lowest BCUT2D eigenvalue weighted by atomic mass is 10.2. The predicted molar refractivity (Wildman–Crippen MR) is 94.3 cm³/mol. The Morgan fingerprint density at radius 1 is 1.04 bits per heavy atom. The summed E-state index contributed by atoms with van der Waals surface area (Å²) in [5.41, 5.74) is 2.77. The van der Waals surface area contributed by atoms with Crippen LogP contribution in [0.3, 0.4) is 0 Å². The molecule has 114 valence electrons. The molecule has 0 bridgehead atoms. The minimum atomic E-state index is -0.218. The molecule has 0 saturated carbocycles. The van der Waals surface area contributed by atoms with E-state index in [9.17, 15) is 4.79 Å². The van der Waals surface area contributed by atoms with E-state index in [1.165, 1.54) is 0 Å². The average Bonchev–Trinajstić information content (AvgIpc) is 2.57. The van der Waals surface area contributed by atoms with Crippen molar-refractivity contribution in [2.75, 3.05) is 5.32 Å². The lowest BCUT2D eigenvalue weighted by molar-refractivity contribution is 0.102. The van der Waals surface area contributed by atoms with Gasteiger partial charge in [-0.2, -0.15) is 0 Å². The number of nitrogens with one attached hydrogen (secondary N) is 1. The smallest absolute Gasteiger partial charge is 0.259 e. The van der Waals surface area contributed by atoms with E-state index < -0.39 is 0 Å². The predicted octanol–water partition coefficient (Wildman–Crippen LogP) is 4.47. The fraction of sp³-hybridized carbons (Fsp3) is 0.0556. The summed E-state index contributed by atoms with van der Waals surface area (Å²) in [6.07, 6.45) is 1.57. The number of benzene rings is 2. The molecule has 0 radical (unpaired) electrons. The molecular formula is C18H14BrN3O. The summed E-state index contributed by atoms with van der Waals surface area (Å²) in [5, 5.41) is 2.85. The van der Waals surface area contributed by atoms with Crippen molar-refractivity contribution in [1.29, 1.82) is 0 Å². The Balaban J connectivity index is 1.83. The third-order valence-corrected chi connectivity index (χ3v) is 3.89. The lowest BCUT2D eigenvalue weighted by Gasteiger charge is -2.08. The first-order valence-electron chi connectivity index (χ1n) is 7.09. The summed E-state index contributed by atoms with van der Waals surface area (Å²) < 4.78 is 0.960. The molecule has 1 N–H and O–H groups in total. The molecular weight excluding hydrogens is 354 g/mol. The van der Waals surface area contributed by atoms with Gasteiger partial charge in [0, 0.05) is 21.9 Å². The van der Waals surface area contributed by atoms with Crippen molar-refractivity contribution >= 4 is 27.5 Å². The van der Waals surface area contributed by atoms with E-state index >= 15 is 0 Å². The van der Waals surface area contributed by atoms with Gasteiger partial charge in [0.15, 0.2) is 5.82 Å². The molecule has 1 heterocycles. The molecule has 23 heavy (non-hydrogen) atoms. The molecule has 0 fully saturated rings. The molecule has 0 atom stereocenters. The number of carbonyl (C=O) groups excluding carboxylic acids is 1. The van der Waals surface area contributed by atoms with Crippen LogP contribution in [-0.4, -0.2) is 15.9 Å². The van der Waals surface area contributed by atoms with Crippen molar-refractivity contribution in [3.8, 4) is 11.4 Å².